The van der Waals surface area contributed by atoms with Gasteiger partial charge in [-0.25, -0.2) is 28.8 Å². The number of allylic oxidation sites excluding steroid dienone is 4. The van der Waals surface area contributed by atoms with E-state index in [0.29, 0.717) is 19.6 Å². The number of carbonyl (C=O) groups is 10. The number of hydrogen-bond acceptors (Lipinski definition) is 24. The predicted molar refractivity (Wildman–Crippen MR) is 415 cm³/mol. The molecule has 4 aromatic carbocycles. The summed E-state index contributed by atoms with van der Waals surface area (Å²) in [6, 6.07) is 32.3. The second-order valence-electron chi connectivity index (χ2n) is 30.6. The van der Waals surface area contributed by atoms with Crippen molar-refractivity contribution in [3.8, 4) is 0 Å². The number of carboxylic acids is 3. The Morgan fingerprint density at radius 2 is 0.865 bits per heavy atom. The minimum atomic E-state index is -1.44. The van der Waals surface area contributed by atoms with E-state index in [4.69, 9.17) is 55.0 Å². The third kappa shape index (κ3) is 39.3. The maximum atomic E-state index is 12.6. The summed E-state index contributed by atoms with van der Waals surface area (Å²) < 4.78 is 30.5. The van der Waals surface area contributed by atoms with Crippen molar-refractivity contribution in [2.24, 2.45) is 17.4 Å². The highest BCUT2D eigenvalue weighted by Gasteiger charge is 2.47. The van der Waals surface area contributed by atoms with Crippen LogP contribution in [0.4, 0.5) is 19.2 Å². The van der Waals surface area contributed by atoms with Gasteiger partial charge in [-0.05, 0) is 138 Å². The number of nitrogens with two attached hydrogens (primary N) is 2. The zero-order valence-corrected chi connectivity index (χ0v) is 67.4. The molecule has 0 aliphatic heterocycles. The maximum Gasteiger partial charge on any atom is 0.408 e. The Morgan fingerprint density at radius 3 is 1.21 bits per heavy atom. The van der Waals surface area contributed by atoms with Crippen LogP contribution in [0, 0.1) is 26.1 Å². The van der Waals surface area contributed by atoms with Crippen molar-refractivity contribution in [1.29, 1.82) is 0 Å². The van der Waals surface area contributed by atoms with Gasteiger partial charge in [0.25, 0.3) is 0 Å². The number of ether oxygens (including phenoxy) is 6. The smallest absolute Gasteiger partial charge is 0.408 e. The fourth-order valence-electron chi connectivity index (χ4n) is 9.83. The summed E-state index contributed by atoms with van der Waals surface area (Å²) in [6.45, 7) is 32.6. The number of fused-ring (bicyclic) bond motifs is 3. The summed E-state index contributed by atoms with van der Waals surface area (Å²) in [4.78, 5) is 132. The van der Waals surface area contributed by atoms with Crippen molar-refractivity contribution in [3.05, 3.63) is 188 Å². The summed E-state index contributed by atoms with van der Waals surface area (Å²) in [5.41, 5.74) is 9.53. The second kappa shape index (κ2) is 46.6. The molecule has 0 fully saturated rings. The van der Waals surface area contributed by atoms with Crippen molar-refractivity contribution in [1.82, 2.24) is 31.9 Å². The van der Waals surface area contributed by atoms with E-state index in [1.165, 1.54) is 66.9 Å². The molecule has 0 saturated heterocycles. The van der Waals surface area contributed by atoms with Crippen LogP contribution in [0.5, 0.6) is 0 Å². The lowest BCUT2D eigenvalue weighted by Crippen LogP contribution is -2.62. The molecular formula is C78H116N10O23. The highest BCUT2D eigenvalue weighted by Crippen LogP contribution is 2.49. The molecule has 0 heterocycles. The monoisotopic (exact) mass is 1560 g/mol. The molecule has 0 bridgehead atoms. The third-order valence-corrected chi connectivity index (χ3v) is 15.6. The Kier molecular flexibility index (Phi) is 42.0. The molecule has 33 nitrogen and oxygen atoms in total. The van der Waals surface area contributed by atoms with E-state index >= 15 is 0 Å². The maximum absolute atomic E-state index is 12.6. The first-order chi connectivity index (χ1) is 51.1. The molecule has 0 spiro atoms. The topological polar surface area (TPSA) is 497 Å². The van der Waals surface area contributed by atoms with Gasteiger partial charge in [-0.1, -0.05) is 140 Å². The van der Waals surface area contributed by atoms with Gasteiger partial charge in [0.2, 0.25) is 17.9 Å². The number of rotatable bonds is 24. The summed E-state index contributed by atoms with van der Waals surface area (Å²) >= 11 is 0. The van der Waals surface area contributed by atoms with Gasteiger partial charge in [-0.2, -0.15) is 0 Å². The number of aldehydes is 1. The van der Waals surface area contributed by atoms with E-state index in [2.05, 4.69) is 54.9 Å². The average molecular weight is 1560 g/mol. The Hall–Kier alpha value is -10.9. The first-order valence-electron chi connectivity index (χ1n) is 35.2. The highest BCUT2D eigenvalue weighted by atomic mass is 16.6. The van der Waals surface area contributed by atoms with Gasteiger partial charge in [0, 0.05) is 69.0 Å². The average Bonchev–Trinajstić information content (AvgIpc) is 1.61. The highest BCUT2D eigenvalue weighted by molar-refractivity contribution is 6.19. The van der Waals surface area contributed by atoms with Crippen molar-refractivity contribution in [2.45, 2.75) is 232 Å². The van der Waals surface area contributed by atoms with Crippen molar-refractivity contribution in [3.63, 3.8) is 0 Å². The van der Waals surface area contributed by atoms with E-state index in [1.54, 1.807) is 90.0 Å². The summed E-state index contributed by atoms with van der Waals surface area (Å²) in [7, 11) is 2.54. The number of methoxy groups -OCH3 is 2. The van der Waals surface area contributed by atoms with Gasteiger partial charge in [0.1, 0.15) is 35.5 Å². The zero-order valence-electron chi connectivity index (χ0n) is 67.4. The van der Waals surface area contributed by atoms with Gasteiger partial charge in [-0.3, -0.25) is 50.0 Å². The summed E-state index contributed by atoms with van der Waals surface area (Å²) in [6.07, 6.45) is 5.20. The minimum absolute atomic E-state index is 0.0330. The lowest BCUT2D eigenvalue weighted by Gasteiger charge is -2.34. The fraction of sp³-hybridized carbons (Fsp3) is 0.513. The second-order valence-corrected chi connectivity index (χ2v) is 30.6. The number of esters is 2. The van der Waals surface area contributed by atoms with Gasteiger partial charge < -0.3 is 76.5 Å². The molecule has 0 aromatic heterocycles. The third-order valence-electron chi connectivity index (χ3n) is 15.6. The molecular weight excluding hydrogens is 1440 g/mol. The Balaban J connectivity index is 0.00000138. The summed E-state index contributed by atoms with van der Waals surface area (Å²) in [5.74, 6) is -4.64. The first-order valence-corrected chi connectivity index (χ1v) is 35.2. The number of amides is 4. The quantitative estimate of drug-likeness (QED) is 0.00775. The summed E-state index contributed by atoms with van der Waals surface area (Å²) in [5, 5.41) is 62.5. The van der Waals surface area contributed by atoms with Crippen LogP contribution in [0.2, 0.25) is 0 Å². The molecule has 616 valence electrons. The fourth-order valence-corrected chi connectivity index (χ4v) is 9.83. The van der Waals surface area contributed by atoms with Crippen LogP contribution in [0.1, 0.15) is 171 Å². The number of nitrogens with one attached hydrogen (secondary N) is 6. The number of alkyl carbamates (subject to hydrolysis) is 4. The van der Waals surface area contributed by atoms with Gasteiger partial charge in [-0.15, -0.1) is 0 Å². The number of aliphatic carboxylic acids is 3. The van der Waals surface area contributed by atoms with Crippen LogP contribution in [0.25, 0.3) is 0 Å². The SMILES string of the molecule is CC(C)(C)OC(=O)NC(C)(C)C(N)C(=O)O.CC(C)(C)OC(=O)NC(C)(C)C(NC(=O)OCC1c2ccccc2C2C=CC=CC21)C(=O)O.CC(C)[N+](=O)[O-].COC(=O)C(NCc1ccccc1)C(C)(C)NC(=O)OC(C)(C)C.COC(=O)C(NCc1ccccc1)C(C)(C)[N+](=O)[O-].NCc1ccccc1.O=CC(=O)O. The van der Waals surface area contributed by atoms with E-state index in [0.717, 1.165) is 16.7 Å². The van der Waals surface area contributed by atoms with E-state index in [9.17, 15) is 63.7 Å². The number of carboxylic acid groups (broad SMARTS) is 3. The number of nitro groups is 2. The zero-order chi connectivity index (χ0) is 85.6. The number of carbonyl (C=O) groups excluding carboxylic acids is 7. The molecule has 6 rings (SSSR count). The lowest BCUT2D eigenvalue weighted by atomic mass is 9.84. The van der Waals surface area contributed by atoms with E-state index < -0.39 is 128 Å². The molecule has 0 saturated carbocycles. The lowest BCUT2D eigenvalue weighted by molar-refractivity contribution is -0.563. The van der Waals surface area contributed by atoms with Crippen molar-refractivity contribution < 1.29 is 102 Å². The molecule has 4 aromatic rings. The molecule has 4 amide bonds. The largest absolute Gasteiger partial charge is 0.480 e. The van der Waals surface area contributed by atoms with Crippen LogP contribution >= 0.6 is 0 Å². The molecule has 2 aliphatic carbocycles. The standard InChI is InChI=1S/C25H32N2O6.C18H28N2O4.C13H18N2O4.C10H20N2O4.C7H9N.C3H7NO2.C2H2O3/c1-24(2,3)33-23(31)27-25(4,5)20(21(28)29)26-22(30)32-14-19-17-12-8-6-10-15(17)16-11-7-9-13-18(16)19;1-17(2,3)24-16(22)20-18(4,5)14(15(21)23-6)19-12-13-10-8-7-9-11-13;1-13(2,15(17)18)11(12(16)19-3)14-9-10-7-5-4-6-8-10;1-9(2,3)16-8(15)12-10(4,5)6(11)7(13)14;8-6-7-4-2-1-3-5-7;1-3(2)4(5)6;3-1-2(4)5/h6-13,15,17,19-20H,14H2,1-5H3,(H,26,30)(H,27,31)(H,28,29);7-11,14,19H,12H2,1-6H3,(H,20,22);4-8,11,14H,9H2,1-3H3;6H,11H2,1-5H3,(H,12,15)(H,13,14);1-5H,6,8H2;3H,1-2H3;1H,(H,4,5). The van der Waals surface area contributed by atoms with E-state index in [-0.39, 0.29) is 35.6 Å². The molecule has 0 radical (unpaired) electrons. The van der Waals surface area contributed by atoms with Crippen molar-refractivity contribution >= 4 is 60.5 Å². The Labute approximate surface area is 649 Å². The Bertz CT molecular complexity index is 3700. The molecule has 33 heteroatoms. The molecule has 13 N–H and O–H groups in total. The van der Waals surface area contributed by atoms with Gasteiger partial charge in [0.15, 0.2) is 12.1 Å². The normalized spacial score (nSPS) is 15.0. The number of hydrogen-bond donors (Lipinski definition) is 11. The predicted octanol–water partition coefficient (Wildman–Crippen LogP) is 9.87. The molecule has 111 heavy (non-hydrogen) atoms. The van der Waals surface area contributed by atoms with Crippen LogP contribution in [-0.4, -0.2) is 176 Å². The Morgan fingerprint density at radius 1 is 0.514 bits per heavy atom. The van der Waals surface area contributed by atoms with Crippen LogP contribution in [0.3, 0.4) is 0 Å². The van der Waals surface area contributed by atoms with E-state index in [1.807, 2.05) is 121 Å². The van der Waals surface area contributed by atoms with Crippen LogP contribution in [0.15, 0.2) is 140 Å². The van der Waals surface area contributed by atoms with Gasteiger partial charge in [0.05, 0.1) is 30.8 Å². The minimum Gasteiger partial charge on any atom is -0.480 e. The number of nitrogens with zero attached hydrogens (tertiary/aromatic N) is 2. The van der Waals surface area contributed by atoms with Crippen LogP contribution in [-0.2, 0) is 76.8 Å². The van der Waals surface area contributed by atoms with Crippen molar-refractivity contribution in [2.75, 3.05) is 20.8 Å². The van der Waals surface area contributed by atoms with Crippen LogP contribution < -0.4 is 43.4 Å². The molecule has 7 atom stereocenters. The van der Waals surface area contributed by atoms with Gasteiger partial charge >= 0.3 is 54.2 Å². The number of benzene rings is 4. The first kappa shape index (κ1) is 100. The molecule has 2 aliphatic rings. The molecule has 7 unspecified atom stereocenters.